The molecule has 152 valence electrons. The summed E-state index contributed by atoms with van der Waals surface area (Å²) in [5.41, 5.74) is 2.24. The van der Waals surface area contributed by atoms with Gasteiger partial charge in [-0.05, 0) is 53.5 Å². The number of carbonyl (C=O) groups excluding carboxylic acids is 1. The zero-order valence-electron chi connectivity index (χ0n) is 18.5. The lowest BCUT2D eigenvalue weighted by molar-refractivity contribution is -0.165. The number of ether oxygens (including phenoxy) is 1. The van der Waals surface area contributed by atoms with E-state index in [0.29, 0.717) is 13.1 Å². The number of hydrogen-bond donors (Lipinski definition) is 0. The summed E-state index contributed by atoms with van der Waals surface area (Å²) in [5, 5.41) is 0. The normalized spacial score (nSPS) is 25.5. The fraction of sp³-hybridized carbons (Fsp3) is 0.850. The van der Waals surface area contributed by atoms with Crippen LogP contribution in [-0.2, 0) is 20.5 Å². The van der Waals surface area contributed by atoms with Crippen LogP contribution in [0.3, 0.4) is 0 Å². The highest BCUT2D eigenvalue weighted by atomic mass is 32.2. The summed E-state index contributed by atoms with van der Waals surface area (Å²) < 4.78 is 20.5. The van der Waals surface area contributed by atoms with Gasteiger partial charge in [-0.1, -0.05) is 38.7 Å². The lowest BCUT2D eigenvalue weighted by Crippen LogP contribution is -2.43. The van der Waals surface area contributed by atoms with E-state index < -0.39 is 30.1 Å². The molecular formula is C20H39NO3SSi. The second kappa shape index (κ2) is 7.88. The summed E-state index contributed by atoms with van der Waals surface area (Å²) >= 11 is 0. The monoisotopic (exact) mass is 401 g/mol. The lowest BCUT2D eigenvalue weighted by Gasteiger charge is -2.33. The predicted molar refractivity (Wildman–Crippen MR) is 114 cm³/mol. The van der Waals surface area contributed by atoms with E-state index in [0.717, 1.165) is 18.4 Å². The molecule has 1 saturated heterocycles. The highest BCUT2D eigenvalue weighted by Gasteiger charge is 2.52. The molecule has 0 aliphatic carbocycles. The Kier molecular flexibility index (Phi) is 7.14. The summed E-state index contributed by atoms with van der Waals surface area (Å²) in [6.45, 7) is 21.7. The van der Waals surface area contributed by atoms with Gasteiger partial charge in [0.05, 0.1) is 12.8 Å². The van der Waals surface area contributed by atoms with Gasteiger partial charge in [-0.2, -0.15) is 0 Å². The van der Waals surface area contributed by atoms with E-state index in [1.807, 2.05) is 45.8 Å². The Morgan fingerprint density at radius 3 is 2.15 bits per heavy atom. The molecule has 0 aromatic carbocycles. The van der Waals surface area contributed by atoms with Crippen molar-refractivity contribution >= 4 is 25.0 Å². The zero-order chi connectivity index (χ0) is 20.6. The van der Waals surface area contributed by atoms with Crippen LogP contribution in [-0.4, -0.2) is 46.0 Å². The van der Waals surface area contributed by atoms with Crippen LogP contribution in [0.15, 0.2) is 11.3 Å². The van der Waals surface area contributed by atoms with Crippen LogP contribution in [0.4, 0.5) is 0 Å². The molecule has 0 aromatic rings. The molecule has 0 spiro atoms. The Morgan fingerprint density at radius 2 is 1.77 bits per heavy atom. The zero-order valence-corrected chi connectivity index (χ0v) is 20.3. The molecular weight excluding hydrogens is 362 g/mol. The smallest absolute Gasteiger partial charge is 0.318 e. The summed E-state index contributed by atoms with van der Waals surface area (Å²) in [6, 6.07) is 0. The Balaban J connectivity index is 3.43. The first-order chi connectivity index (χ1) is 11.5. The van der Waals surface area contributed by atoms with Crippen LogP contribution >= 0.6 is 0 Å². The van der Waals surface area contributed by atoms with Crippen LogP contribution in [0.2, 0.25) is 19.6 Å². The van der Waals surface area contributed by atoms with Gasteiger partial charge in [-0.3, -0.25) is 4.79 Å². The Labute approximate surface area is 164 Å². The lowest BCUT2D eigenvalue weighted by atomic mass is 9.79. The minimum absolute atomic E-state index is 0.162. The fourth-order valence-corrected chi connectivity index (χ4v) is 6.13. The van der Waals surface area contributed by atoms with E-state index >= 15 is 0 Å². The third-order valence-corrected chi connectivity index (χ3v) is 7.23. The first-order valence-electron chi connectivity index (χ1n) is 9.64. The van der Waals surface area contributed by atoms with E-state index in [9.17, 15) is 9.00 Å². The van der Waals surface area contributed by atoms with Crippen LogP contribution in [0.5, 0.6) is 0 Å². The van der Waals surface area contributed by atoms with Gasteiger partial charge in [0.15, 0.2) is 0 Å². The van der Waals surface area contributed by atoms with E-state index in [4.69, 9.17) is 4.74 Å². The molecule has 1 aliphatic heterocycles. The van der Waals surface area contributed by atoms with Crippen molar-refractivity contribution in [1.82, 2.24) is 4.31 Å². The highest BCUT2D eigenvalue weighted by molar-refractivity contribution is 7.84. The SMILES string of the molecule is CCC[C@@]1(C(=O)OC(C)(C)C)CN(S(=O)C(C)(C)C)C/C1=C\[Si](C)(C)C. The molecule has 4 nitrogen and oxygen atoms in total. The van der Waals surface area contributed by atoms with Gasteiger partial charge in [0.25, 0.3) is 0 Å². The molecule has 0 aromatic heterocycles. The van der Waals surface area contributed by atoms with Crippen molar-refractivity contribution in [2.75, 3.05) is 13.1 Å². The van der Waals surface area contributed by atoms with E-state index in [1.165, 1.54) is 0 Å². The van der Waals surface area contributed by atoms with Crippen molar-refractivity contribution in [2.24, 2.45) is 5.41 Å². The molecule has 26 heavy (non-hydrogen) atoms. The number of nitrogens with zero attached hydrogens (tertiary/aromatic N) is 1. The molecule has 0 bridgehead atoms. The molecule has 1 aliphatic rings. The Bertz CT molecular complexity index is 581. The van der Waals surface area contributed by atoms with Crippen molar-refractivity contribution in [3.8, 4) is 0 Å². The van der Waals surface area contributed by atoms with Crippen molar-refractivity contribution < 1.29 is 13.7 Å². The minimum Gasteiger partial charge on any atom is -0.459 e. The van der Waals surface area contributed by atoms with Crippen molar-refractivity contribution in [1.29, 1.82) is 0 Å². The molecule has 1 rings (SSSR count). The van der Waals surface area contributed by atoms with Crippen molar-refractivity contribution in [3.63, 3.8) is 0 Å². The Morgan fingerprint density at radius 1 is 1.23 bits per heavy atom. The molecule has 2 atom stereocenters. The minimum atomic E-state index is -1.55. The largest absolute Gasteiger partial charge is 0.459 e. The number of rotatable bonds is 5. The van der Waals surface area contributed by atoms with Crippen LogP contribution < -0.4 is 0 Å². The van der Waals surface area contributed by atoms with Gasteiger partial charge < -0.3 is 4.74 Å². The molecule has 1 unspecified atom stereocenters. The summed E-state index contributed by atoms with van der Waals surface area (Å²) in [6.07, 6.45) is 1.62. The first kappa shape index (κ1) is 23.6. The average molecular weight is 402 g/mol. The third kappa shape index (κ3) is 6.03. The van der Waals surface area contributed by atoms with E-state index in [1.54, 1.807) is 0 Å². The third-order valence-electron chi connectivity index (χ3n) is 4.24. The number of hydrogen-bond acceptors (Lipinski definition) is 3. The maximum absolute atomic E-state index is 13.3. The molecule has 0 amide bonds. The van der Waals surface area contributed by atoms with Crippen LogP contribution in [0, 0.1) is 5.41 Å². The number of carbonyl (C=O) groups is 1. The maximum Gasteiger partial charge on any atom is 0.318 e. The van der Waals surface area contributed by atoms with E-state index in [2.05, 4.69) is 32.3 Å². The standard InChI is InChI=1S/C20H39NO3SSi/c1-11-12-20(17(22)24-18(2,3)4)15-21(25(23)19(5,6)7)13-16(20)14-26(8,9)10/h14H,11-13,15H2,1-10H3/b16-14+/t20-,25?/m1/s1. The molecule has 0 N–H and O–H groups in total. The summed E-state index contributed by atoms with van der Waals surface area (Å²) in [7, 11) is -2.70. The van der Waals surface area contributed by atoms with Crippen LogP contribution in [0.25, 0.3) is 0 Å². The van der Waals surface area contributed by atoms with Crippen molar-refractivity contribution in [2.45, 2.75) is 91.3 Å². The first-order valence-corrected chi connectivity index (χ1v) is 14.3. The van der Waals surface area contributed by atoms with Crippen LogP contribution in [0.1, 0.15) is 61.3 Å². The Hall–Kier alpha value is -0.463. The second-order valence-corrected chi connectivity index (χ2v) is 17.8. The molecule has 0 radical (unpaired) electrons. The molecule has 6 heteroatoms. The summed E-state index contributed by atoms with van der Waals surface area (Å²) in [4.78, 5) is 13.3. The molecule has 1 fully saturated rings. The molecule has 0 saturated carbocycles. The quantitative estimate of drug-likeness (QED) is 0.496. The van der Waals surface area contributed by atoms with Gasteiger partial charge in [0.1, 0.15) is 22.0 Å². The fourth-order valence-electron chi connectivity index (χ4n) is 3.35. The van der Waals surface area contributed by atoms with Gasteiger partial charge in [-0.15, -0.1) is 0 Å². The van der Waals surface area contributed by atoms with Gasteiger partial charge >= 0.3 is 5.97 Å². The topological polar surface area (TPSA) is 46.6 Å². The van der Waals surface area contributed by atoms with Gasteiger partial charge in [0.2, 0.25) is 0 Å². The summed E-state index contributed by atoms with van der Waals surface area (Å²) in [5.74, 6) is -0.162. The van der Waals surface area contributed by atoms with Crippen molar-refractivity contribution in [3.05, 3.63) is 11.3 Å². The predicted octanol–water partition coefficient (Wildman–Crippen LogP) is 4.70. The maximum atomic E-state index is 13.3. The second-order valence-electron chi connectivity index (χ2n) is 10.5. The van der Waals surface area contributed by atoms with Gasteiger partial charge in [0, 0.05) is 13.1 Å². The van der Waals surface area contributed by atoms with Gasteiger partial charge in [-0.25, -0.2) is 8.51 Å². The number of esters is 1. The average Bonchev–Trinajstić information content (AvgIpc) is 2.73. The highest BCUT2D eigenvalue weighted by Crippen LogP contribution is 2.44. The van der Waals surface area contributed by atoms with E-state index in [-0.39, 0.29) is 10.7 Å². The molecule has 1 heterocycles.